The molecule has 0 amide bonds. The minimum atomic E-state index is -0.520. The van der Waals surface area contributed by atoms with E-state index >= 15 is 0 Å². The minimum Gasteiger partial charge on any atom is -0.339 e. The monoisotopic (exact) mass is 236 g/mol. The number of benzene rings is 1. The molecule has 82 valence electrons. The van der Waals surface area contributed by atoms with Crippen molar-refractivity contribution >= 4 is 23.1 Å². The largest absolute Gasteiger partial charge is 0.339 e. The summed E-state index contributed by atoms with van der Waals surface area (Å²) in [4.78, 5) is 3.70. The number of aromatic nitrogens is 1. The molecule has 2 rings (SSSR count). The first-order valence-electron chi connectivity index (χ1n) is 4.81. The van der Waals surface area contributed by atoms with Crippen molar-refractivity contribution in [2.24, 2.45) is 0 Å². The van der Waals surface area contributed by atoms with Gasteiger partial charge in [-0.05, 0) is 36.8 Å². The Bertz CT molecular complexity index is 514. The molecule has 0 unspecified atom stereocenters. The molecule has 1 heterocycles. The van der Waals surface area contributed by atoms with Crippen LogP contribution in [0.2, 0.25) is 5.02 Å². The van der Waals surface area contributed by atoms with Gasteiger partial charge in [-0.25, -0.2) is 4.98 Å². The highest BCUT2D eigenvalue weighted by molar-refractivity contribution is 6.33. The van der Waals surface area contributed by atoms with E-state index in [1.165, 1.54) is 6.07 Å². The molecule has 1 N–H and O–H groups in total. The topological polar surface area (TPSA) is 24.9 Å². The highest BCUT2D eigenvalue weighted by Crippen LogP contribution is 2.25. The lowest BCUT2D eigenvalue weighted by molar-refractivity contribution is 0.585. The standard InChI is InChI=1S/C12H10ClFN2/c1-8-5-6-10(9(13)7-8)15-12-4-2-3-11(14)16-12/h2-7H,1H3,(H,15,16). The van der Waals surface area contributed by atoms with Crippen LogP contribution in [0.4, 0.5) is 15.9 Å². The van der Waals surface area contributed by atoms with Crippen LogP contribution in [0.15, 0.2) is 36.4 Å². The maximum absolute atomic E-state index is 12.9. The molecule has 4 heteroatoms. The number of anilines is 2. The Labute approximate surface area is 98.1 Å². The third-order valence-electron chi connectivity index (χ3n) is 2.10. The molecular weight excluding hydrogens is 227 g/mol. The van der Waals surface area contributed by atoms with E-state index in [4.69, 9.17) is 11.6 Å². The van der Waals surface area contributed by atoms with Crippen LogP contribution in [0.5, 0.6) is 0 Å². The van der Waals surface area contributed by atoms with Crippen LogP contribution in [0, 0.1) is 12.9 Å². The van der Waals surface area contributed by atoms with Crippen LogP contribution < -0.4 is 5.32 Å². The van der Waals surface area contributed by atoms with Gasteiger partial charge in [-0.3, -0.25) is 0 Å². The first-order valence-corrected chi connectivity index (χ1v) is 5.19. The van der Waals surface area contributed by atoms with E-state index in [-0.39, 0.29) is 0 Å². The average molecular weight is 237 g/mol. The summed E-state index contributed by atoms with van der Waals surface area (Å²) in [6.45, 7) is 1.95. The molecule has 16 heavy (non-hydrogen) atoms. The lowest BCUT2D eigenvalue weighted by Crippen LogP contribution is -1.95. The highest BCUT2D eigenvalue weighted by Gasteiger charge is 2.02. The third kappa shape index (κ3) is 2.49. The zero-order valence-corrected chi connectivity index (χ0v) is 9.42. The Hall–Kier alpha value is -1.61. The zero-order chi connectivity index (χ0) is 11.5. The lowest BCUT2D eigenvalue weighted by atomic mass is 10.2. The number of pyridine rings is 1. The number of hydrogen-bond acceptors (Lipinski definition) is 2. The van der Waals surface area contributed by atoms with Crippen molar-refractivity contribution in [2.45, 2.75) is 6.92 Å². The first-order chi connectivity index (χ1) is 7.65. The van der Waals surface area contributed by atoms with Crippen molar-refractivity contribution in [1.82, 2.24) is 4.98 Å². The molecule has 1 aromatic carbocycles. The van der Waals surface area contributed by atoms with Crippen LogP contribution in [-0.2, 0) is 0 Å². The Morgan fingerprint density at radius 2 is 2.06 bits per heavy atom. The summed E-state index contributed by atoms with van der Waals surface area (Å²) in [6, 6.07) is 10.2. The van der Waals surface area contributed by atoms with Crippen molar-refractivity contribution in [3.63, 3.8) is 0 Å². The second-order valence-corrected chi connectivity index (χ2v) is 3.86. The van der Waals surface area contributed by atoms with Crippen LogP contribution in [0.3, 0.4) is 0 Å². The molecule has 2 aromatic rings. The molecule has 0 spiro atoms. The van der Waals surface area contributed by atoms with Gasteiger partial charge >= 0.3 is 0 Å². The number of nitrogens with one attached hydrogen (secondary N) is 1. The Kier molecular flexibility index (Phi) is 3.06. The number of halogens is 2. The highest BCUT2D eigenvalue weighted by atomic mass is 35.5. The summed E-state index contributed by atoms with van der Waals surface area (Å²) in [5.74, 6) is -0.0843. The van der Waals surface area contributed by atoms with Gasteiger partial charge in [0.25, 0.3) is 0 Å². The lowest BCUT2D eigenvalue weighted by Gasteiger charge is -2.07. The maximum atomic E-state index is 12.9. The molecule has 0 fully saturated rings. The van der Waals surface area contributed by atoms with E-state index in [9.17, 15) is 4.39 Å². The molecule has 0 aliphatic carbocycles. The minimum absolute atomic E-state index is 0.436. The fraction of sp³-hybridized carbons (Fsp3) is 0.0833. The fourth-order valence-electron chi connectivity index (χ4n) is 1.34. The maximum Gasteiger partial charge on any atom is 0.214 e. The zero-order valence-electron chi connectivity index (χ0n) is 8.67. The van der Waals surface area contributed by atoms with Crippen molar-refractivity contribution < 1.29 is 4.39 Å². The van der Waals surface area contributed by atoms with Gasteiger partial charge in [-0.15, -0.1) is 0 Å². The van der Waals surface area contributed by atoms with E-state index in [0.29, 0.717) is 16.5 Å². The number of nitrogens with zero attached hydrogens (tertiary/aromatic N) is 1. The SMILES string of the molecule is Cc1ccc(Nc2cccc(F)n2)c(Cl)c1. The normalized spacial score (nSPS) is 10.2. The van der Waals surface area contributed by atoms with Gasteiger partial charge in [0.1, 0.15) is 5.82 Å². The van der Waals surface area contributed by atoms with Gasteiger partial charge < -0.3 is 5.32 Å². The second kappa shape index (κ2) is 4.49. The van der Waals surface area contributed by atoms with Crippen LogP contribution in [0.25, 0.3) is 0 Å². The predicted octanol–water partition coefficient (Wildman–Crippen LogP) is 3.93. The molecule has 0 saturated carbocycles. The molecular formula is C12H10ClFN2. The summed E-state index contributed by atoms with van der Waals surface area (Å²) >= 11 is 6.04. The number of hydrogen-bond donors (Lipinski definition) is 1. The quantitative estimate of drug-likeness (QED) is 0.800. The third-order valence-corrected chi connectivity index (χ3v) is 2.42. The molecule has 0 radical (unpaired) electrons. The fourth-order valence-corrected chi connectivity index (χ4v) is 1.62. The Morgan fingerprint density at radius 3 is 2.75 bits per heavy atom. The average Bonchev–Trinajstić information content (AvgIpc) is 2.22. The summed E-state index contributed by atoms with van der Waals surface area (Å²) in [7, 11) is 0. The van der Waals surface area contributed by atoms with E-state index < -0.39 is 5.95 Å². The summed E-state index contributed by atoms with van der Waals surface area (Å²) < 4.78 is 12.9. The second-order valence-electron chi connectivity index (χ2n) is 3.45. The van der Waals surface area contributed by atoms with Gasteiger partial charge in [0.05, 0.1) is 10.7 Å². The van der Waals surface area contributed by atoms with Crippen LogP contribution in [0.1, 0.15) is 5.56 Å². The smallest absolute Gasteiger partial charge is 0.214 e. The molecule has 0 bridgehead atoms. The van der Waals surface area contributed by atoms with E-state index in [1.54, 1.807) is 12.1 Å². The molecule has 2 nitrogen and oxygen atoms in total. The molecule has 0 aliphatic rings. The Morgan fingerprint density at radius 1 is 1.25 bits per heavy atom. The predicted molar refractivity (Wildman–Crippen MR) is 63.7 cm³/mol. The number of rotatable bonds is 2. The molecule has 0 atom stereocenters. The summed E-state index contributed by atoms with van der Waals surface area (Å²) in [5.41, 5.74) is 1.79. The van der Waals surface area contributed by atoms with Gasteiger partial charge in [0, 0.05) is 0 Å². The molecule has 1 aromatic heterocycles. The van der Waals surface area contributed by atoms with Crippen molar-refractivity contribution in [2.75, 3.05) is 5.32 Å². The first kappa shape index (κ1) is 10.9. The van der Waals surface area contributed by atoms with Crippen LogP contribution >= 0.6 is 11.6 Å². The van der Waals surface area contributed by atoms with E-state index in [0.717, 1.165) is 5.56 Å². The summed E-state index contributed by atoms with van der Waals surface area (Å²) in [6.07, 6.45) is 0. The van der Waals surface area contributed by atoms with Crippen molar-refractivity contribution in [3.05, 3.63) is 52.9 Å². The molecule has 0 saturated heterocycles. The van der Waals surface area contributed by atoms with Gasteiger partial charge in [-0.2, -0.15) is 4.39 Å². The van der Waals surface area contributed by atoms with Crippen molar-refractivity contribution in [3.8, 4) is 0 Å². The number of aryl methyl sites for hydroxylation is 1. The van der Waals surface area contributed by atoms with Crippen molar-refractivity contribution in [1.29, 1.82) is 0 Å². The molecule has 0 aliphatic heterocycles. The summed E-state index contributed by atoms with van der Waals surface area (Å²) in [5, 5.41) is 3.55. The van der Waals surface area contributed by atoms with Gasteiger partial charge in [0.2, 0.25) is 5.95 Å². The van der Waals surface area contributed by atoms with Gasteiger partial charge in [0.15, 0.2) is 0 Å². The Balaban J connectivity index is 2.27. The van der Waals surface area contributed by atoms with E-state index in [2.05, 4.69) is 10.3 Å². The van der Waals surface area contributed by atoms with E-state index in [1.807, 2.05) is 25.1 Å². The van der Waals surface area contributed by atoms with Gasteiger partial charge in [-0.1, -0.05) is 23.7 Å². The van der Waals surface area contributed by atoms with Crippen LogP contribution in [-0.4, -0.2) is 4.98 Å².